The summed E-state index contributed by atoms with van der Waals surface area (Å²) in [4.78, 5) is 15.3. The van der Waals surface area contributed by atoms with E-state index < -0.39 is 0 Å². The molecule has 0 saturated heterocycles. The maximum Gasteiger partial charge on any atom is 0.255 e. The second-order valence-electron chi connectivity index (χ2n) is 7.84. The third kappa shape index (κ3) is 4.48. The Morgan fingerprint density at radius 2 is 1.62 bits per heavy atom. The minimum Gasteiger partial charge on any atom is -0.496 e. The summed E-state index contributed by atoms with van der Waals surface area (Å²) in [5.41, 5.74) is 3.01. The number of benzene rings is 2. The average molecular weight is 399 g/mol. The standard InChI is InChI=1S/C23H30N2O4/c1-23(2,25-11-10-16-8-6-7-9-17(16)14-25)15-24-22(26)18-12-20(28-4)21(29-5)13-19(18)27-3/h6-9,12-13H,10-11,14-15H2,1-5H3,(H,24,26). The fourth-order valence-electron chi connectivity index (χ4n) is 3.72. The number of ether oxygens (including phenoxy) is 3. The van der Waals surface area contributed by atoms with E-state index in [0.29, 0.717) is 29.4 Å². The lowest BCUT2D eigenvalue weighted by Gasteiger charge is -2.41. The molecule has 0 radical (unpaired) electrons. The van der Waals surface area contributed by atoms with E-state index in [2.05, 4.69) is 48.3 Å². The summed E-state index contributed by atoms with van der Waals surface area (Å²) in [7, 11) is 4.63. The topological polar surface area (TPSA) is 60.0 Å². The number of hydrogen-bond acceptors (Lipinski definition) is 5. The molecule has 1 amide bonds. The van der Waals surface area contributed by atoms with E-state index in [-0.39, 0.29) is 11.4 Å². The highest BCUT2D eigenvalue weighted by Crippen LogP contribution is 2.34. The second-order valence-corrected chi connectivity index (χ2v) is 7.84. The second kappa shape index (κ2) is 8.74. The maximum atomic E-state index is 12.9. The summed E-state index contributed by atoms with van der Waals surface area (Å²) in [6.07, 6.45) is 1.02. The largest absolute Gasteiger partial charge is 0.496 e. The van der Waals surface area contributed by atoms with Gasteiger partial charge in [0.2, 0.25) is 0 Å². The quantitative estimate of drug-likeness (QED) is 0.776. The van der Waals surface area contributed by atoms with Crippen LogP contribution in [0, 0.1) is 0 Å². The molecule has 0 spiro atoms. The van der Waals surface area contributed by atoms with Crippen LogP contribution in [0.2, 0.25) is 0 Å². The van der Waals surface area contributed by atoms with Crippen LogP contribution in [-0.2, 0) is 13.0 Å². The van der Waals surface area contributed by atoms with E-state index >= 15 is 0 Å². The first kappa shape index (κ1) is 21.0. The zero-order valence-corrected chi connectivity index (χ0v) is 17.9. The molecule has 6 nitrogen and oxygen atoms in total. The summed E-state index contributed by atoms with van der Waals surface area (Å²) in [5, 5.41) is 3.07. The van der Waals surface area contributed by atoms with Gasteiger partial charge in [-0.05, 0) is 31.4 Å². The molecule has 0 aliphatic carbocycles. The van der Waals surface area contributed by atoms with Crippen LogP contribution >= 0.6 is 0 Å². The molecule has 2 aromatic rings. The van der Waals surface area contributed by atoms with E-state index in [1.165, 1.54) is 18.2 Å². The maximum absolute atomic E-state index is 12.9. The van der Waals surface area contributed by atoms with E-state index in [1.54, 1.807) is 26.4 Å². The van der Waals surface area contributed by atoms with Gasteiger partial charge in [-0.1, -0.05) is 24.3 Å². The first-order valence-electron chi connectivity index (χ1n) is 9.79. The molecule has 1 aliphatic heterocycles. The number of fused-ring (bicyclic) bond motifs is 1. The zero-order chi connectivity index (χ0) is 21.0. The van der Waals surface area contributed by atoms with Gasteiger partial charge >= 0.3 is 0 Å². The molecule has 0 saturated carbocycles. The van der Waals surface area contributed by atoms with Crippen molar-refractivity contribution in [3.8, 4) is 17.2 Å². The van der Waals surface area contributed by atoms with Gasteiger partial charge in [0, 0.05) is 37.3 Å². The molecule has 0 atom stereocenters. The molecule has 3 rings (SSSR count). The molecule has 2 aromatic carbocycles. The van der Waals surface area contributed by atoms with Crippen LogP contribution in [-0.4, -0.2) is 50.8 Å². The Bertz CT molecular complexity index is 879. The van der Waals surface area contributed by atoms with Crippen molar-refractivity contribution in [2.24, 2.45) is 0 Å². The Morgan fingerprint density at radius 1 is 1.00 bits per heavy atom. The molecule has 0 aromatic heterocycles. The van der Waals surface area contributed by atoms with Gasteiger partial charge in [0.25, 0.3) is 5.91 Å². The van der Waals surface area contributed by atoms with Crippen LogP contribution in [0.5, 0.6) is 17.2 Å². The molecule has 1 aliphatic rings. The van der Waals surface area contributed by atoms with Gasteiger partial charge in [0.05, 0.1) is 26.9 Å². The summed E-state index contributed by atoms with van der Waals surface area (Å²) in [6.45, 7) is 6.70. The lowest BCUT2D eigenvalue weighted by atomic mass is 9.94. The summed E-state index contributed by atoms with van der Waals surface area (Å²) >= 11 is 0. The van der Waals surface area contributed by atoms with Crippen molar-refractivity contribution in [3.63, 3.8) is 0 Å². The molecule has 1 N–H and O–H groups in total. The summed E-state index contributed by atoms with van der Waals surface area (Å²) < 4.78 is 16.0. The van der Waals surface area contributed by atoms with Crippen molar-refractivity contribution in [2.75, 3.05) is 34.4 Å². The van der Waals surface area contributed by atoms with Crippen molar-refractivity contribution in [3.05, 3.63) is 53.1 Å². The molecule has 0 bridgehead atoms. The van der Waals surface area contributed by atoms with Crippen LogP contribution in [0.25, 0.3) is 0 Å². The molecule has 156 valence electrons. The first-order valence-corrected chi connectivity index (χ1v) is 9.79. The average Bonchev–Trinajstić information content (AvgIpc) is 2.76. The van der Waals surface area contributed by atoms with Crippen LogP contribution in [0.3, 0.4) is 0 Å². The van der Waals surface area contributed by atoms with E-state index in [0.717, 1.165) is 19.5 Å². The normalized spacial score (nSPS) is 14.1. The number of rotatable bonds is 7. The Hall–Kier alpha value is -2.73. The Kier molecular flexibility index (Phi) is 6.33. The lowest BCUT2D eigenvalue weighted by Crippen LogP contribution is -2.53. The van der Waals surface area contributed by atoms with Crippen molar-refractivity contribution in [2.45, 2.75) is 32.4 Å². The summed E-state index contributed by atoms with van der Waals surface area (Å²) in [6, 6.07) is 11.9. The van der Waals surface area contributed by atoms with E-state index in [9.17, 15) is 4.79 Å². The van der Waals surface area contributed by atoms with Gasteiger partial charge in [0.1, 0.15) is 5.75 Å². The predicted molar refractivity (Wildman–Crippen MR) is 113 cm³/mol. The minimum atomic E-state index is -0.201. The summed E-state index contributed by atoms with van der Waals surface area (Å²) in [5.74, 6) is 1.26. The molecule has 1 heterocycles. The van der Waals surface area contributed by atoms with Crippen molar-refractivity contribution >= 4 is 5.91 Å². The van der Waals surface area contributed by atoms with Crippen molar-refractivity contribution < 1.29 is 19.0 Å². The third-order valence-corrected chi connectivity index (χ3v) is 5.62. The zero-order valence-electron chi connectivity index (χ0n) is 17.9. The molecule has 0 unspecified atom stereocenters. The molecule has 29 heavy (non-hydrogen) atoms. The van der Waals surface area contributed by atoms with Crippen LogP contribution in [0.15, 0.2) is 36.4 Å². The number of carbonyl (C=O) groups excluding carboxylic acids is 1. The predicted octanol–water partition coefficient (Wildman–Crippen LogP) is 3.28. The van der Waals surface area contributed by atoms with Gasteiger partial charge in [-0.25, -0.2) is 0 Å². The fraction of sp³-hybridized carbons (Fsp3) is 0.435. The smallest absolute Gasteiger partial charge is 0.255 e. The monoisotopic (exact) mass is 398 g/mol. The Morgan fingerprint density at radius 3 is 2.28 bits per heavy atom. The Balaban J connectivity index is 1.71. The lowest BCUT2D eigenvalue weighted by molar-refractivity contribution is 0.0823. The number of amides is 1. The van der Waals surface area contributed by atoms with E-state index in [1.807, 2.05) is 0 Å². The number of methoxy groups -OCH3 is 3. The highest BCUT2D eigenvalue weighted by Gasteiger charge is 2.30. The number of carbonyl (C=O) groups is 1. The fourth-order valence-corrected chi connectivity index (χ4v) is 3.72. The van der Waals surface area contributed by atoms with Gasteiger partial charge in [-0.2, -0.15) is 0 Å². The van der Waals surface area contributed by atoms with Crippen LogP contribution in [0.1, 0.15) is 35.3 Å². The molecular formula is C23H30N2O4. The minimum absolute atomic E-state index is 0.188. The molecular weight excluding hydrogens is 368 g/mol. The number of nitrogens with one attached hydrogen (secondary N) is 1. The van der Waals surface area contributed by atoms with Crippen molar-refractivity contribution in [1.29, 1.82) is 0 Å². The Labute approximate surface area is 172 Å². The molecule has 6 heteroatoms. The number of nitrogens with zero attached hydrogens (tertiary/aromatic N) is 1. The van der Waals surface area contributed by atoms with Gasteiger partial charge in [-0.3, -0.25) is 9.69 Å². The SMILES string of the molecule is COc1cc(OC)c(C(=O)NCC(C)(C)N2CCc3ccccc3C2)cc1OC. The van der Waals surface area contributed by atoms with Crippen LogP contribution in [0.4, 0.5) is 0 Å². The van der Waals surface area contributed by atoms with Crippen LogP contribution < -0.4 is 19.5 Å². The van der Waals surface area contributed by atoms with Crippen molar-refractivity contribution in [1.82, 2.24) is 10.2 Å². The van der Waals surface area contributed by atoms with Gasteiger partial charge in [0.15, 0.2) is 11.5 Å². The van der Waals surface area contributed by atoms with Gasteiger partial charge in [-0.15, -0.1) is 0 Å². The highest BCUT2D eigenvalue weighted by molar-refractivity contribution is 5.97. The highest BCUT2D eigenvalue weighted by atomic mass is 16.5. The van der Waals surface area contributed by atoms with E-state index in [4.69, 9.17) is 14.2 Å². The number of hydrogen-bond donors (Lipinski definition) is 1. The first-order chi connectivity index (χ1) is 13.9. The molecule has 0 fully saturated rings. The third-order valence-electron chi connectivity index (χ3n) is 5.62. The van der Waals surface area contributed by atoms with Gasteiger partial charge < -0.3 is 19.5 Å².